The van der Waals surface area contributed by atoms with Crippen LogP contribution in [0.3, 0.4) is 0 Å². The minimum atomic E-state index is 0.588. The molecule has 3 aromatic heterocycles. The SMILES string of the molecule is c1ccc(-c2nc(-c3ccc4c(ccc5ccccc54)c3)nc(-c3cccc4oc5ccc(-c6ccc7c(c6)oc6ccccc67)cc5c34)n2)cc1. The molecule has 0 atom stereocenters. The molecular weight excluding hydrogens is 639 g/mol. The summed E-state index contributed by atoms with van der Waals surface area (Å²) in [5.41, 5.74) is 8.20. The highest BCUT2D eigenvalue weighted by Crippen LogP contribution is 2.40. The summed E-state index contributed by atoms with van der Waals surface area (Å²) in [5, 5.41) is 8.96. The van der Waals surface area contributed by atoms with E-state index in [0.29, 0.717) is 17.5 Å². The molecule has 11 aromatic rings. The van der Waals surface area contributed by atoms with E-state index in [-0.39, 0.29) is 0 Å². The van der Waals surface area contributed by atoms with Crippen LogP contribution in [0.15, 0.2) is 173 Å². The van der Waals surface area contributed by atoms with Crippen LogP contribution >= 0.6 is 0 Å². The van der Waals surface area contributed by atoms with Gasteiger partial charge in [-0.05, 0) is 75.1 Å². The average Bonchev–Trinajstić information content (AvgIpc) is 3.78. The summed E-state index contributed by atoms with van der Waals surface area (Å²) in [6, 6.07) is 56.4. The Morgan fingerprint density at radius 3 is 1.85 bits per heavy atom. The lowest BCUT2D eigenvalue weighted by atomic mass is 9.99. The second-order valence-corrected chi connectivity index (χ2v) is 13.2. The predicted molar refractivity (Wildman–Crippen MR) is 211 cm³/mol. The summed E-state index contributed by atoms with van der Waals surface area (Å²) in [6.45, 7) is 0. The van der Waals surface area contributed by atoms with Gasteiger partial charge >= 0.3 is 0 Å². The lowest BCUT2D eigenvalue weighted by molar-refractivity contribution is 0.669. The van der Waals surface area contributed by atoms with Crippen LogP contribution in [0.25, 0.3) is 111 Å². The van der Waals surface area contributed by atoms with Crippen molar-refractivity contribution in [2.24, 2.45) is 0 Å². The lowest BCUT2D eigenvalue weighted by Gasteiger charge is -2.10. The van der Waals surface area contributed by atoms with Crippen molar-refractivity contribution in [2.75, 3.05) is 0 Å². The molecule has 0 saturated carbocycles. The van der Waals surface area contributed by atoms with Crippen molar-refractivity contribution in [3.63, 3.8) is 0 Å². The molecule has 0 fully saturated rings. The minimum absolute atomic E-state index is 0.588. The first-order chi connectivity index (χ1) is 25.7. The van der Waals surface area contributed by atoms with Crippen molar-refractivity contribution in [1.82, 2.24) is 15.0 Å². The van der Waals surface area contributed by atoms with Crippen molar-refractivity contribution in [3.05, 3.63) is 164 Å². The van der Waals surface area contributed by atoms with Gasteiger partial charge in [0.25, 0.3) is 0 Å². The number of aromatic nitrogens is 3. The molecule has 0 aliphatic heterocycles. The molecule has 0 N–H and O–H groups in total. The van der Waals surface area contributed by atoms with Crippen LogP contribution in [0.2, 0.25) is 0 Å². The van der Waals surface area contributed by atoms with Crippen LogP contribution in [-0.4, -0.2) is 15.0 Å². The monoisotopic (exact) mass is 665 g/mol. The van der Waals surface area contributed by atoms with E-state index in [2.05, 4.69) is 97.1 Å². The molecular formula is C47H27N3O2. The van der Waals surface area contributed by atoms with E-state index < -0.39 is 0 Å². The molecule has 0 saturated heterocycles. The second kappa shape index (κ2) is 11.2. The van der Waals surface area contributed by atoms with E-state index in [1.807, 2.05) is 66.7 Å². The number of rotatable bonds is 4. The van der Waals surface area contributed by atoms with Gasteiger partial charge in [-0.2, -0.15) is 0 Å². The Labute approximate surface area is 297 Å². The van der Waals surface area contributed by atoms with Gasteiger partial charge < -0.3 is 8.83 Å². The number of furan rings is 2. The maximum atomic E-state index is 6.44. The molecule has 5 nitrogen and oxygen atoms in total. The molecule has 8 aromatic carbocycles. The van der Waals surface area contributed by atoms with Gasteiger partial charge in [-0.25, -0.2) is 15.0 Å². The third-order valence-corrected chi connectivity index (χ3v) is 10.1. The Morgan fingerprint density at radius 2 is 0.923 bits per heavy atom. The average molecular weight is 666 g/mol. The van der Waals surface area contributed by atoms with Crippen molar-refractivity contribution in [1.29, 1.82) is 0 Å². The summed E-state index contributed by atoms with van der Waals surface area (Å²) in [5.74, 6) is 1.82. The largest absolute Gasteiger partial charge is 0.456 e. The third-order valence-electron chi connectivity index (χ3n) is 10.1. The van der Waals surface area contributed by atoms with Gasteiger partial charge in [0.1, 0.15) is 22.3 Å². The van der Waals surface area contributed by atoms with Gasteiger partial charge in [-0.3, -0.25) is 0 Å². The maximum absolute atomic E-state index is 6.44. The number of nitrogens with zero attached hydrogens (tertiary/aromatic N) is 3. The highest BCUT2D eigenvalue weighted by atomic mass is 16.3. The van der Waals surface area contributed by atoms with Crippen molar-refractivity contribution in [2.45, 2.75) is 0 Å². The molecule has 3 heterocycles. The predicted octanol–water partition coefficient (Wildman–Crippen LogP) is 12.6. The zero-order valence-corrected chi connectivity index (χ0v) is 27.7. The molecule has 0 aliphatic rings. The lowest BCUT2D eigenvalue weighted by Crippen LogP contribution is -2.00. The first kappa shape index (κ1) is 28.7. The molecule has 5 heteroatoms. The molecule has 11 rings (SSSR count). The molecule has 52 heavy (non-hydrogen) atoms. The normalized spacial score (nSPS) is 11.8. The number of hydrogen-bond donors (Lipinski definition) is 0. The summed E-state index contributed by atoms with van der Waals surface area (Å²) in [7, 11) is 0. The van der Waals surface area contributed by atoms with Crippen LogP contribution in [0.1, 0.15) is 0 Å². The minimum Gasteiger partial charge on any atom is -0.456 e. The fourth-order valence-electron chi connectivity index (χ4n) is 7.59. The van der Waals surface area contributed by atoms with Crippen LogP contribution in [0.5, 0.6) is 0 Å². The van der Waals surface area contributed by atoms with Gasteiger partial charge in [-0.15, -0.1) is 0 Å². The van der Waals surface area contributed by atoms with E-state index in [9.17, 15) is 0 Å². The van der Waals surface area contributed by atoms with Crippen LogP contribution < -0.4 is 0 Å². The van der Waals surface area contributed by atoms with Crippen molar-refractivity contribution in [3.8, 4) is 45.3 Å². The zero-order valence-electron chi connectivity index (χ0n) is 27.7. The van der Waals surface area contributed by atoms with E-state index >= 15 is 0 Å². The Bertz CT molecular complexity index is 3190. The summed E-state index contributed by atoms with van der Waals surface area (Å²) in [6.07, 6.45) is 0. The van der Waals surface area contributed by atoms with E-state index in [4.69, 9.17) is 23.8 Å². The Morgan fingerprint density at radius 1 is 0.308 bits per heavy atom. The van der Waals surface area contributed by atoms with E-state index in [1.54, 1.807) is 0 Å². The maximum Gasteiger partial charge on any atom is 0.164 e. The molecule has 0 unspecified atom stereocenters. The number of hydrogen-bond acceptors (Lipinski definition) is 5. The van der Waals surface area contributed by atoms with Crippen LogP contribution in [0.4, 0.5) is 0 Å². The Kier molecular flexibility index (Phi) is 6.18. The second-order valence-electron chi connectivity index (χ2n) is 13.2. The topological polar surface area (TPSA) is 65.0 Å². The highest BCUT2D eigenvalue weighted by Gasteiger charge is 2.19. The third kappa shape index (κ3) is 4.53. The summed E-state index contributed by atoms with van der Waals surface area (Å²) < 4.78 is 12.7. The van der Waals surface area contributed by atoms with Crippen LogP contribution in [0, 0.1) is 0 Å². The van der Waals surface area contributed by atoms with Crippen molar-refractivity contribution < 1.29 is 8.83 Å². The first-order valence-corrected chi connectivity index (χ1v) is 17.3. The number of para-hydroxylation sites is 1. The molecule has 242 valence electrons. The smallest absolute Gasteiger partial charge is 0.164 e. The zero-order chi connectivity index (χ0) is 34.2. The number of fused-ring (bicyclic) bond motifs is 9. The van der Waals surface area contributed by atoms with Crippen LogP contribution in [-0.2, 0) is 0 Å². The Hall–Kier alpha value is -7.11. The molecule has 0 aliphatic carbocycles. The molecule has 0 radical (unpaired) electrons. The van der Waals surface area contributed by atoms with Gasteiger partial charge in [0.2, 0.25) is 0 Å². The molecule has 0 bridgehead atoms. The highest BCUT2D eigenvalue weighted by molar-refractivity contribution is 6.13. The molecule has 0 spiro atoms. The van der Waals surface area contributed by atoms with Crippen molar-refractivity contribution >= 4 is 65.4 Å². The summed E-state index contributed by atoms with van der Waals surface area (Å²) >= 11 is 0. The quantitative estimate of drug-likeness (QED) is 0.175. The Balaban J connectivity index is 1.10. The fourth-order valence-corrected chi connectivity index (χ4v) is 7.59. The fraction of sp³-hybridized carbons (Fsp3) is 0. The van der Waals surface area contributed by atoms with Gasteiger partial charge in [-0.1, -0.05) is 121 Å². The van der Waals surface area contributed by atoms with E-state index in [1.165, 1.54) is 16.2 Å². The van der Waals surface area contributed by atoms with Gasteiger partial charge in [0.15, 0.2) is 17.5 Å². The summed E-state index contributed by atoms with van der Waals surface area (Å²) in [4.78, 5) is 15.3. The first-order valence-electron chi connectivity index (χ1n) is 17.3. The van der Waals surface area contributed by atoms with Gasteiger partial charge in [0.05, 0.1) is 0 Å². The van der Waals surface area contributed by atoms with E-state index in [0.717, 1.165) is 77.1 Å². The number of benzene rings is 8. The van der Waals surface area contributed by atoms with Gasteiger partial charge in [0, 0.05) is 38.2 Å². The standard InChI is InChI=1S/C47H27N3O2/c1-2-10-29(11-3-1)45-48-46(33-20-22-35-32(25-33)18-17-28-9-4-5-12-34(28)35)50-47(49-45)38-14-8-16-42-44(38)39-26-30(21-24-41(39)51-42)31-19-23-37-36-13-6-7-15-40(36)52-43(37)27-31/h1-27H. The molecule has 0 amide bonds.